The first-order valence-corrected chi connectivity index (χ1v) is 12.7. The zero-order valence-corrected chi connectivity index (χ0v) is 20.1. The molecule has 3 aliphatic carbocycles. The molecule has 2 aromatic heterocycles. The molecule has 4 heterocycles. The maximum atomic E-state index is 14.1. The van der Waals surface area contributed by atoms with Crippen molar-refractivity contribution in [1.82, 2.24) is 34.8 Å². The van der Waals surface area contributed by atoms with Crippen LogP contribution in [0.2, 0.25) is 0 Å². The monoisotopic (exact) mass is 507 g/mol. The second-order valence-corrected chi connectivity index (χ2v) is 12.2. The van der Waals surface area contributed by atoms with E-state index >= 15 is 0 Å². The van der Waals surface area contributed by atoms with Crippen LogP contribution in [0.15, 0.2) is 6.07 Å². The maximum absolute atomic E-state index is 14.1. The first-order valence-electron chi connectivity index (χ1n) is 12.7. The SMILES string of the molecule is Cn1nc(CC2CC3(C2)CN(C(=O)N2CC4(CC(c5nc(C6(F)CC6)n[nH]5)C4)C2)C3)cc1C(F)(F)F. The molecule has 0 unspecified atom stereocenters. The van der Waals surface area contributed by atoms with Crippen LogP contribution in [0.1, 0.15) is 67.5 Å². The van der Waals surface area contributed by atoms with E-state index in [0.717, 1.165) is 68.4 Å². The van der Waals surface area contributed by atoms with Crippen molar-refractivity contribution >= 4 is 6.03 Å². The maximum Gasteiger partial charge on any atom is 0.433 e. The van der Waals surface area contributed by atoms with Crippen molar-refractivity contribution in [2.24, 2.45) is 23.8 Å². The minimum atomic E-state index is -4.39. The zero-order valence-electron chi connectivity index (χ0n) is 20.1. The molecule has 2 spiro atoms. The third-order valence-corrected chi connectivity index (χ3v) is 9.15. The number of nitrogens with one attached hydrogen (secondary N) is 1. The number of H-pyrrole nitrogens is 1. The Bertz CT molecular complexity index is 1200. The third-order valence-electron chi connectivity index (χ3n) is 9.15. The van der Waals surface area contributed by atoms with Gasteiger partial charge in [-0.2, -0.15) is 23.4 Å². The predicted octanol–water partition coefficient (Wildman–Crippen LogP) is 3.77. The lowest BCUT2D eigenvalue weighted by molar-refractivity contribution is -0.143. The van der Waals surface area contributed by atoms with Crippen LogP contribution in [0.5, 0.6) is 0 Å². The van der Waals surface area contributed by atoms with Gasteiger partial charge in [-0.15, -0.1) is 0 Å². The first kappa shape index (κ1) is 22.5. The van der Waals surface area contributed by atoms with E-state index in [1.165, 1.54) is 7.05 Å². The summed E-state index contributed by atoms with van der Waals surface area (Å²) < 4.78 is 54.0. The Hall–Kier alpha value is -2.66. The summed E-state index contributed by atoms with van der Waals surface area (Å²) in [5, 5.41) is 11.0. The highest BCUT2D eigenvalue weighted by molar-refractivity contribution is 5.77. The molecule has 5 aliphatic rings. The van der Waals surface area contributed by atoms with Crippen molar-refractivity contribution in [2.45, 2.75) is 62.7 Å². The molecule has 194 valence electrons. The van der Waals surface area contributed by atoms with Gasteiger partial charge < -0.3 is 9.80 Å². The number of aromatic nitrogens is 5. The Labute approximate surface area is 205 Å². The van der Waals surface area contributed by atoms with Gasteiger partial charge in [0, 0.05) is 50.0 Å². The summed E-state index contributed by atoms with van der Waals surface area (Å²) in [6.07, 6.45) is 0.913. The number of amides is 2. The van der Waals surface area contributed by atoms with E-state index in [2.05, 4.69) is 20.3 Å². The Kier molecular flexibility index (Phi) is 4.38. The molecule has 2 saturated heterocycles. The van der Waals surface area contributed by atoms with Crippen LogP contribution < -0.4 is 0 Å². The fourth-order valence-corrected chi connectivity index (χ4v) is 7.18. The Morgan fingerprint density at radius 2 is 1.69 bits per heavy atom. The first-order chi connectivity index (χ1) is 16.9. The molecular formula is C24H29F4N7O. The van der Waals surface area contributed by atoms with Crippen LogP contribution in [0.4, 0.5) is 22.4 Å². The lowest BCUT2D eigenvalue weighted by Crippen LogP contribution is -2.70. The normalized spacial score (nSPS) is 25.9. The number of nitrogens with zero attached hydrogens (tertiary/aromatic N) is 6. The summed E-state index contributed by atoms with van der Waals surface area (Å²) >= 11 is 0. The average Bonchev–Trinajstić information content (AvgIpc) is 3.09. The molecule has 2 aliphatic heterocycles. The van der Waals surface area contributed by atoms with Crippen molar-refractivity contribution in [2.75, 3.05) is 26.2 Å². The van der Waals surface area contributed by atoms with E-state index in [4.69, 9.17) is 0 Å². The zero-order chi connectivity index (χ0) is 25.1. The van der Waals surface area contributed by atoms with Crippen LogP contribution in [-0.4, -0.2) is 67.0 Å². The standard InChI is InChI=1S/C24H29F4N7O/c1-33-17(24(26,27)28)5-16(32-33)4-14-6-21(7-14)10-34(11-21)20(36)35-12-22(13-35)8-15(9-22)18-29-19(31-30-18)23(25)2-3-23/h5,14-15H,2-4,6-13H2,1H3,(H,29,30,31). The summed E-state index contributed by atoms with van der Waals surface area (Å²) in [5.74, 6) is 1.64. The van der Waals surface area contributed by atoms with E-state index in [9.17, 15) is 22.4 Å². The van der Waals surface area contributed by atoms with Gasteiger partial charge in [-0.3, -0.25) is 9.78 Å². The second-order valence-electron chi connectivity index (χ2n) is 12.2. The largest absolute Gasteiger partial charge is 0.433 e. The van der Waals surface area contributed by atoms with E-state index in [1.807, 2.05) is 9.80 Å². The van der Waals surface area contributed by atoms with Gasteiger partial charge in [0.1, 0.15) is 11.5 Å². The van der Waals surface area contributed by atoms with Gasteiger partial charge in [0.05, 0.1) is 5.69 Å². The highest BCUT2D eigenvalue weighted by atomic mass is 19.4. The molecule has 8 nitrogen and oxygen atoms in total. The minimum absolute atomic E-state index is 0.0905. The number of rotatable bonds is 4. The number of halogens is 4. The molecular weight excluding hydrogens is 478 g/mol. The van der Waals surface area contributed by atoms with Gasteiger partial charge in [0.15, 0.2) is 11.5 Å². The molecule has 0 atom stereocenters. The van der Waals surface area contributed by atoms with Crippen LogP contribution in [0.25, 0.3) is 0 Å². The predicted molar refractivity (Wildman–Crippen MR) is 118 cm³/mol. The van der Waals surface area contributed by atoms with E-state index < -0.39 is 17.5 Å². The van der Waals surface area contributed by atoms with Gasteiger partial charge in [0.25, 0.3) is 0 Å². The van der Waals surface area contributed by atoms with Gasteiger partial charge >= 0.3 is 12.2 Å². The summed E-state index contributed by atoms with van der Waals surface area (Å²) in [7, 11) is 1.33. The van der Waals surface area contributed by atoms with Crippen LogP contribution in [0.3, 0.4) is 0 Å². The molecule has 7 rings (SSSR count). The van der Waals surface area contributed by atoms with Gasteiger partial charge in [-0.25, -0.2) is 14.2 Å². The molecule has 5 fully saturated rings. The Morgan fingerprint density at radius 3 is 2.25 bits per heavy atom. The third kappa shape index (κ3) is 3.46. The fourth-order valence-electron chi connectivity index (χ4n) is 7.18. The van der Waals surface area contributed by atoms with Crippen molar-refractivity contribution in [3.63, 3.8) is 0 Å². The number of likely N-dealkylation sites (tertiary alicyclic amines) is 2. The quantitative estimate of drug-likeness (QED) is 0.639. The fraction of sp³-hybridized carbons (Fsp3) is 0.750. The number of hydrogen-bond donors (Lipinski definition) is 1. The van der Waals surface area contributed by atoms with Crippen LogP contribution in [-0.2, 0) is 25.3 Å². The summed E-state index contributed by atoms with van der Waals surface area (Å²) in [5.41, 5.74) is -1.26. The molecule has 1 N–H and O–H groups in total. The highest BCUT2D eigenvalue weighted by Crippen LogP contribution is 2.57. The van der Waals surface area contributed by atoms with Gasteiger partial charge in [0.2, 0.25) is 0 Å². The van der Waals surface area contributed by atoms with Gasteiger partial charge in [-0.05, 0) is 56.9 Å². The smallest absolute Gasteiger partial charge is 0.323 e. The average molecular weight is 508 g/mol. The lowest BCUT2D eigenvalue weighted by Gasteiger charge is -2.63. The molecule has 3 saturated carbocycles. The number of alkyl halides is 4. The Morgan fingerprint density at radius 1 is 1.08 bits per heavy atom. The van der Waals surface area contributed by atoms with E-state index in [-0.39, 0.29) is 22.8 Å². The summed E-state index contributed by atoms with van der Waals surface area (Å²) in [6, 6.07) is 1.24. The van der Waals surface area contributed by atoms with Gasteiger partial charge in [-0.1, -0.05) is 0 Å². The summed E-state index contributed by atoms with van der Waals surface area (Å²) in [6.45, 7) is 2.97. The molecule has 0 radical (unpaired) electrons. The van der Waals surface area contributed by atoms with Crippen LogP contribution in [0, 0.1) is 16.7 Å². The number of hydrogen-bond acceptors (Lipinski definition) is 4. The number of carbonyl (C=O) groups is 1. The van der Waals surface area contributed by atoms with Crippen LogP contribution >= 0.6 is 0 Å². The minimum Gasteiger partial charge on any atom is -0.323 e. The van der Waals surface area contributed by atoms with Crippen molar-refractivity contribution in [3.05, 3.63) is 29.1 Å². The molecule has 2 amide bonds. The topological polar surface area (TPSA) is 82.9 Å². The number of carbonyl (C=O) groups excluding carboxylic acids is 1. The molecule has 0 bridgehead atoms. The lowest BCUT2D eigenvalue weighted by atomic mass is 9.56. The molecule has 12 heteroatoms. The number of aryl methyl sites for hydroxylation is 1. The van der Waals surface area contributed by atoms with E-state index in [0.29, 0.717) is 36.7 Å². The number of aromatic amines is 1. The second kappa shape index (κ2) is 7.00. The number of urea groups is 1. The Balaban J connectivity index is 0.851. The molecule has 36 heavy (non-hydrogen) atoms. The van der Waals surface area contributed by atoms with Crippen molar-refractivity contribution in [3.8, 4) is 0 Å². The van der Waals surface area contributed by atoms with E-state index in [1.54, 1.807) is 0 Å². The van der Waals surface area contributed by atoms with Crippen molar-refractivity contribution in [1.29, 1.82) is 0 Å². The molecule has 0 aromatic carbocycles. The highest BCUT2D eigenvalue weighted by Gasteiger charge is 2.59. The molecule has 2 aromatic rings. The van der Waals surface area contributed by atoms with Crippen molar-refractivity contribution < 1.29 is 22.4 Å². The summed E-state index contributed by atoms with van der Waals surface area (Å²) in [4.78, 5) is 21.1.